The van der Waals surface area contributed by atoms with Crippen molar-refractivity contribution in [3.8, 4) is 11.9 Å². The second-order valence-electron chi connectivity index (χ2n) is 2.14. The highest BCUT2D eigenvalue weighted by molar-refractivity contribution is 5.27. The number of benzene rings is 1. The zero-order chi connectivity index (χ0) is 8.10. The molecule has 0 unspecified atom stereocenters. The number of nitrogens with zero attached hydrogens (tertiary/aromatic N) is 1. The van der Waals surface area contributed by atoms with Gasteiger partial charge < -0.3 is 10.4 Å². The van der Waals surface area contributed by atoms with Gasteiger partial charge in [0.1, 0.15) is 5.75 Å². The highest BCUT2D eigenvalue weighted by Gasteiger charge is 1.91. The van der Waals surface area contributed by atoms with Crippen LogP contribution in [0.2, 0.25) is 0 Å². The highest BCUT2D eigenvalue weighted by Crippen LogP contribution is 2.09. The average molecular weight is 148 g/mol. The van der Waals surface area contributed by atoms with Crippen molar-refractivity contribution in [1.82, 2.24) is 5.32 Å². The van der Waals surface area contributed by atoms with Gasteiger partial charge in [-0.3, -0.25) is 0 Å². The standard InChI is InChI=1S/C8H8N2O/c9-6-10-5-7-2-1-3-8(11)4-7/h1-4,10-11H,5H2. The molecule has 2 N–H and O–H groups in total. The minimum atomic E-state index is 0.224. The molecule has 56 valence electrons. The molecule has 0 aliphatic heterocycles. The van der Waals surface area contributed by atoms with E-state index in [2.05, 4.69) is 5.32 Å². The molecule has 0 amide bonds. The van der Waals surface area contributed by atoms with Crippen molar-refractivity contribution in [1.29, 1.82) is 5.26 Å². The molecule has 0 fully saturated rings. The lowest BCUT2D eigenvalue weighted by Gasteiger charge is -1.97. The summed E-state index contributed by atoms with van der Waals surface area (Å²) in [6.07, 6.45) is 1.80. The first-order chi connectivity index (χ1) is 5.33. The van der Waals surface area contributed by atoms with Crippen molar-refractivity contribution >= 4 is 0 Å². The van der Waals surface area contributed by atoms with E-state index in [0.717, 1.165) is 5.56 Å². The van der Waals surface area contributed by atoms with Gasteiger partial charge in [0.05, 0.1) is 6.54 Å². The third-order valence-corrected chi connectivity index (χ3v) is 1.28. The van der Waals surface area contributed by atoms with Gasteiger partial charge in [0.2, 0.25) is 0 Å². The first kappa shape index (κ1) is 7.42. The number of nitrogens with one attached hydrogen (secondary N) is 1. The number of phenolic OH excluding ortho intramolecular Hbond substituents is 1. The Labute approximate surface area is 64.9 Å². The number of nitriles is 1. The Balaban J connectivity index is 2.65. The second-order valence-corrected chi connectivity index (χ2v) is 2.14. The molecule has 0 radical (unpaired) electrons. The van der Waals surface area contributed by atoms with Crippen molar-refractivity contribution in [3.63, 3.8) is 0 Å². The summed E-state index contributed by atoms with van der Waals surface area (Å²) in [6.45, 7) is 0.463. The number of rotatable bonds is 2. The first-order valence-corrected chi connectivity index (χ1v) is 3.23. The van der Waals surface area contributed by atoms with Crippen LogP contribution in [0.3, 0.4) is 0 Å². The molecule has 0 bridgehead atoms. The SMILES string of the molecule is N#CNCc1cccc(O)c1. The van der Waals surface area contributed by atoms with E-state index in [1.54, 1.807) is 24.4 Å². The summed E-state index contributed by atoms with van der Waals surface area (Å²) in [7, 11) is 0. The van der Waals surface area contributed by atoms with Crippen LogP contribution in [0, 0.1) is 11.5 Å². The molecule has 0 aromatic heterocycles. The molecule has 0 heterocycles. The van der Waals surface area contributed by atoms with Gasteiger partial charge in [-0.25, -0.2) is 0 Å². The molecule has 0 aliphatic rings. The van der Waals surface area contributed by atoms with E-state index in [9.17, 15) is 0 Å². The Morgan fingerprint density at radius 1 is 1.55 bits per heavy atom. The maximum absolute atomic E-state index is 9.00. The van der Waals surface area contributed by atoms with Crippen molar-refractivity contribution in [3.05, 3.63) is 29.8 Å². The normalized spacial score (nSPS) is 8.64. The third-order valence-electron chi connectivity index (χ3n) is 1.28. The molecule has 0 spiro atoms. The van der Waals surface area contributed by atoms with Crippen molar-refractivity contribution in [2.45, 2.75) is 6.54 Å². The van der Waals surface area contributed by atoms with E-state index in [1.165, 1.54) is 0 Å². The Hall–Kier alpha value is -1.69. The predicted octanol–water partition coefficient (Wildman–Crippen LogP) is 0.963. The first-order valence-electron chi connectivity index (χ1n) is 3.23. The van der Waals surface area contributed by atoms with Crippen LogP contribution in [0.4, 0.5) is 0 Å². The van der Waals surface area contributed by atoms with Crippen LogP contribution < -0.4 is 5.32 Å². The maximum atomic E-state index is 9.00. The molecular formula is C8H8N2O. The van der Waals surface area contributed by atoms with E-state index in [1.807, 2.05) is 6.07 Å². The van der Waals surface area contributed by atoms with Gasteiger partial charge in [0, 0.05) is 0 Å². The van der Waals surface area contributed by atoms with E-state index in [0.29, 0.717) is 6.54 Å². The number of hydrogen-bond donors (Lipinski definition) is 2. The molecule has 1 rings (SSSR count). The van der Waals surface area contributed by atoms with Gasteiger partial charge in [-0.2, -0.15) is 5.26 Å². The maximum Gasteiger partial charge on any atom is 0.176 e. The summed E-state index contributed by atoms with van der Waals surface area (Å²) in [5, 5.41) is 19.7. The Morgan fingerprint density at radius 3 is 3.00 bits per heavy atom. The summed E-state index contributed by atoms with van der Waals surface area (Å²) >= 11 is 0. The van der Waals surface area contributed by atoms with E-state index in [-0.39, 0.29) is 5.75 Å². The summed E-state index contributed by atoms with van der Waals surface area (Å²) in [4.78, 5) is 0. The molecular weight excluding hydrogens is 140 g/mol. The average Bonchev–Trinajstić information content (AvgIpc) is 2.01. The lowest BCUT2D eigenvalue weighted by molar-refractivity contribution is 0.474. The van der Waals surface area contributed by atoms with Gasteiger partial charge >= 0.3 is 0 Å². The number of phenols is 1. The van der Waals surface area contributed by atoms with E-state index < -0.39 is 0 Å². The molecule has 0 saturated carbocycles. The summed E-state index contributed by atoms with van der Waals surface area (Å²) < 4.78 is 0. The van der Waals surface area contributed by atoms with Gasteiger partial charge in [-0.05, 0) is 17.7 Å². The molecule has 3 nitrogen and oxygen atoms in total. The smallest absolute Gasteiger partial charge is 0.176 e. The van der Waals surface area contributed by atoms with Crippen LogP contribution in [0.15, 0.2) is 24.3 Å². The summed E-state index contributed by atoms with van der Waals surface area (Å²) in [6, 6.07) is 6.79. The van der Waals surface area contributed by atoms with Crippen LogP contribution in [-0.2, 0) is 6.54 Å². The summed E-state index contributed by atoms with van der Waals surface area (Å²) in [5.74, 6) is 0.224. The largest absolute Gasteiger partial charge is 0.508 e. The topological polar surface area (TPSA) is 56.0 Å². The van der Waals surface area contributed by atoms with Gasteiger partial charge in [-0.1, -0.05) is 12.1 Å². The van der Waals surface area contributed by atoms with Crippen molar-refractivity contribution in [2.75, 3.05) is 0 Å². The number of aromatic hydroxyl groups is 1. The van der Waals surface area contributed by atoms with Crippen LogP contribution >= 0.6 is 0 Å². The minimum absolute atomic E-state index is 0.224. The van der Waals surface area contributed by atoms with Crippen LogP contribution in [0.5, 0.6) is 5.75 Å². The summed E-state index contributed by atoms with van der Waals surface area (Å²) in [5.41, 5.74) is 0.895. The Kier molecular flexibility index (Phi) is 2.34. The molecule has 0 aliphatic carbocycles. The molecule has 1 aromatic rings. The fourth-order valence-corrected chi connectivity index (χ4v) is 0.808. The van der Waals surface area contributed by atoms with E-state index >= 15 is 0 Å². The predicted molar refractivity (Wildman–Crippen MR) is 40.6 cm³/mol. The Morgan fingerprint density at radius 2 is 2.36 bits per heavy atom. The quantitative estimate of drug-likeness (QED) is 0.485. The minimum Gasteiger partial charge on any atom is -0.508 e. The molecule has 0 saturated heterocycles. The highest BCUT2D eigenvalue weighted by atomic mass is 16.3. The lowest BCUT2D eigenvalue weighted by Crippen LogP contribution is -2.03. The molecule has 0 atom stereocenters. The van der Waals surface area contributed by atoms with Gasteiger partial charge in [0.15, 0.2) is 6.19 Å². The fourth-order valence-electron chi connectivity index (χ4n) is 0.808. The zero-order valence-corrected chi connectivity index (χ0v) is 5.91. The van der Waals surface area contributed by atoms with Crippen LogP contribution in [0.1, 0.15) is 5.56 Å². The second kappa shape index (κ2) is 3.47. The van der Waals surface area contributed by atoms with Gasteiger partial charge in [0.25, 0.3) is 0 Å². The van der Waals surface area contributed by atoms with Gasteiger partial charge in [-0.15, -0.1) is 0 Å². The monoisotopic (exact) mass is 148 g/mol. The molecule has 11 heavy (non-hydrogen) atoms. The lowest BCUT2D eigenvalue weighted by atomic mass is 10.2. The molecule has 3 heteroatoms. The van der Waals surface area contributed by atoms with Crippen molar-refractivity contribution in [2.24, 2.45) is 0 Å². The Bertz CT molecular complexity index is 278. The zero-order valence-electron chi connectivity index (χ0n) is 5.91. The van der Waals surface area contributed by atoms with Crippen molar-refractivity contribution < 1.29 is 5.11 Å². The third kappa shape index (κ3) is 2.18. The number of hydrogen-bond acceptors (Lipinski definition) is 3. The van der Waals surface area contributed by atoms with E-state index in [4.69, 9.17) is 10.4 Å². The van der Waals surface area contributed by atoms with Crippen LogP contribution in [-0.4, -0.2) is 5.11 Å². The fraction of sp³-hybridized carbons (Fsp3) is 0.125. The molecule has 1 aromatic carbocycles. The van der Waals surface area contributed by atoms with Crippen LogP contribution in [0.25, 0.3) is 0 Å².